The Bertz CT molecular complexity index is 602. The number of methoxy groups -OCH3 is 1. The van der Waals surface area contributed by atoms with E-state index in [4.69, 9.17) is 4.74 Å². The Balaban J connectivity index is 0.00000242. The van der Waals surface area contributed by atoms with Gasteiger partial charge in [0, 0.05) is 11.1 Å². The fourth-order valence-corrected chi connectivity index (χ4v) is 2.12. The van der Waals surface area contributed by atoms with Crippen molar-refractivity contribution in [3.63, 3.8) is 0 Å². The molecule has 2 rings (SSSR count). The molecule has 0 spiro atoms. The summed E-state index contributed by atoms with van der Waals surface area (Å²) in [6.07, 6.45) is 0.513. The van der Waals surface area contributed by atoms with Crippen molar-refractivity contribution in [1.29, 1.82) is 0 Å². The number of phenolic OH excluding ortho intramolecular Hbond substituents is 1. The maximum absolute atomic E-state index is 11.9. The van der Waals surface area contributed by atoms with Crippen molar-refractivity contribution in [2.75, 3.05) is 13.7 Å². The van der Waals surface area contributed by atoms with E-state index in [1.54, 1.807) is 6.07 Å². The van der Waals surface area contributed by atoms with E-state index in [1.807, 2.05) is 42.5 Å². The minimum absolute atomic E-state index is 0. The van der Waals surface area contributed by atoms with Crippen LogP contribution in [-0.2, 0) is 6.54 Å². The number of ketones is 1. The van der Waals surface area contributed by atoms with Crippen LogP contribution in [0.1, 0.15) is 22.3 Å². The molecule has 0 aliphatic rings. The number of aromatic hydroxyl groups is 1. The zero-order valence-electron chi connectivity index (χ0n) is 12.5. The molecule has 0 amide bonds. The summed E-state index contributed by atoms with van der Waals surface area (Å²) in [6, 6.07) is 14.6. The summed E-state index contributed by atoms with van der Waals surface area (Å²) in [5, 5.41) is 11.6. The number of halogens is 1. The Morgan fingerprint density at radius 3 is 2.59 bits per heavy atom. The Labute approximate surface area is 136 Å². The number of quaternary nitrogens is 1. The smallest absolute Gasteiger partial charge is 0.168 e. The van der Waals surface area contributed by atoms with Gasteiger partial charge in [0.25, 0.3) is 0 Å². The van der Waals surface area contributed by atoms with E-state index in [0.717, 1.165) is 24.2 Å². The van der Waals surface area contributed by atoms with E-state index in [1.165, 1.54) is 7.11 Å². The van der Waals surface area contributed by atoms with Crippen LogP contribution in [0.5, 0.6) is 11.5 Å². The average Bonchev–Trinajstić information content (AvgIpc) is 2.53. The van der Waals surface area contributed by atoms with Gasteiger partial charge >= 0.3 is 0 Å². The third-order valence-electron chi connectivity index (χ3n) is 3.30. The highest BCUT2D eigenvalue weighted by Gasteiger charge is 2.07. The summed E-state index contributed by atoms with van der Waals surface area (Å²) in [6.45, 7) is 1.48. The molecule has 0 atom stereocenters. The van der Waals surface area contributed by atoms with Crippen LogP contribution in [0.3, 0.4) is 0 Å². The largest absolute Gasteiger partial charge is 1.00 e. The van der Waals surface area contributed by atoms with Crippen molar-refractivity contribution >= 4 is 5.78 Å². The Hall–Kier alpha value is -2.04. The number of hydrogen-bond acceptors (Lipinski definition) is 3. The molecule has 0 heterocycles. The molecule has 3 N–H and O–H groups in total. The summed E-state index contributed by atoms with van der Waals surface area (Å²) in [4.78, 5) is 11.9. The lowest BCUT2D eigenvalue weighted by Gasteiger charge is -2.06. The van der Waals surface area contributed by atoms with E-state index in [9.17, 15) is 9.90 Å². The molecule has 2 aromatic carbocycles. The molecule has 4 nitrogen and oxygen atoms in total. The molecule has 22 heavy (non-hydrogen) atoms. The second-order valence-electron chi connectivity index (χ2n) is 4.83. The van der Waals surface area contributed by atoms with Crippen LogP contribution >= 0.6 is 0 Å². The summed E-state index contributed by atoms with van der Waals surface area (Å²) >= 11 is 0. The predicted molar refractivity (Wildman–Crippen MR) is 80.5 cm³/mol. The molecule has 0 saturated carbocycles. The topological polar surface area (TPSA) is 63.1 Å². The van der Waals surface area contributed by atoms with Crippen LogP contribution in [0.4, 0.5) is 0 Å². The van der Waals surface area contributed by atoms with Gasteiger partial charge in [0.05, 0.1) is 20.1 Å². The first kappa shape index (κ1) is 18.0. The highest BCUT2D eigenvalue weighted by molar-refractivity contribution is 5.95. The van der Waals surface area contributed by atoms with Crippen molar-refractivity contribution < 1.29 is 32.4 Å². The minimum Gasteiger partial charge on any atom is -1.00 e. The van der Waals surface area contributed by atoms with Gasteiger partial charge in [-0.3, -0.25) is 4.79 Å². The minimum atomic E-state index is 0. The van der Waals surface area contributed by atoms with Gasteiger partial charge < -0.3 is 27.6 Å². The summed E-state index contributed by atoms with van der Waals surface area (Å²) in [7, 11) is 1.53. The molecule has 118 valence electrons. The first-order valence-corrected chi connectivity index (χ1v) is 6.96. The standard InChI is InChI=1S/C17H19NO3.ClH/c1-21-17-11-13(7-8-16(17)20)12-18-10-9-15(19)14-5-3-2-4-6-14;/h2-8,11,18,20H,9-10,12H2,1H3;1H. The fraction of sp³-hybridized carbons (Fsp3) is 0.235. The van der Waals surface area contributed by atoms with Gasteiger partial charge in [0.1, 0.15) is 6.54 Å². The van der Waals surface area contributed by atoms with E-state index >= 15 is 0 Å². The number of rotatable bonds is 7. The van der Waals surface area contributed by atoms with Gasteiger partial charge in [0.15, 0.2) is 17.3 Å². The quantitative estimate of drug-likeness (QED) is 0.494. The molecule has 0 radical (unpaired) electrons. The maximum atomic E-state index is 11.9. The number of carbonyl (C=O) groups is 1. The molecular weight excluding hydrogens is 302 g/mol. The number of hydrogen-bond donors (Lipinski definition) is 2. The van der Waals surface area contributed by atoms with Crippen LogP contribution < -0.4 is 22.5 Å². The molecule has 0 aromatic heterocycles. The number of phenols is 1. The van der Waals surface area contributed by atoms with E-state index in [2.05, 4.69) is 5.32 Å². The van der Waals surface area contributed by atoms with Gasteiger partial charge in [-0.1, -0.05) is 30.3 Å². The van der Waals surface area contributed by atoms with Gasteiger partial charge in [-0.2, -0.15) is 0 Å². The average molecular weight is 322 g/mol. The zero-order chi connectivity index (χ0) is 15.1. The molecule has 0 bridgehead atoms. The highest BCUT2D eigenvalue weighted by Crippen LogP contribution is 2.25. The van der Waals surface area contributed by atoms with Crippen molar-refractivity contribution in [1.82, 2.24) is 0 Å². The second kappa shape index (κ2) is 9.07. The van der Waals surface area contributed by atoms with Crippen molar-refractivity contribution in [2.45, 2.75) is 13.0 Å². The first-order chi connectivity index (χ1) is 10.2. The summed E-state index contributed by atoms with van der Waals surface area (Å²) < 4.78 is 5.07. The molecule has 0 fully saturated rings. The number of carbonyl (C=O) groups excluding carboxylic acids is 1. The Morgan fingerprint density at radius 2 is 1.91 bits per heavy atom. The monoisotopic (exact) mass is 321 g/mol. The SMILES string of the molecule is COc1cc(C[NH2+]CCC(=O)c2ccccc2)ccc1O.[Cl-]. The van der Waals surface area contributed by atoms with E-state index in [-0.39, 0.29) is 23.9 Å². The fourth-order valence-electron chi connectivity index (χ4n) is 2.12. The van der Waals surface area contributed by atoms with Gasteiger partial charge in [-0.25, -0.2) is 0 Å². The third-order valence-corrected chi connectivity index (χ3v) is 3.30. The van der Waals surface area contributed by atoms with Crippen molar-refractivity contribution in [2.24, 2.45) is 0 Å². The molecule has 0 aliphatic heterocycles. The van der Waals surface area contributed by atoms with Crippen LogP contribution in [0, 0.1) is 0 Å². The number of Topliss-reactive ketones (excluding diaryl/α,β-unsaturated/α-hetero) is 1. The molecular formula is C17H20ClNO3. The molecule has 5 heteroatoms. The zero-order valence-corrected chi connectivity index (χ0v) is 13.2. The lowest BCUT2D eigenvalue weighted by molar-refractivity contribution is -0.669. The molecule has 0 unspecified atom stereocenters. The predicted octanol–water partition coefficient (Wildman–Crippen LogP) is -1.26. The van der Waals surface area contributed by atoms with Gasteiger partial charge in [-0.15, -0.1) is 0 Å². The third kappa shape index (κ3) is 5.06. The van der Waals surface area contributed by atoms with Crippen molar-refractivity contribution in [3.8, 4) is 11.5 Å². The van der Waals surface area contributed by atoms with Crippen LogP contribution in [0.25, 0.3) is 0 Å². The first-order valence-electron chi connectivity index (χ1n) is 6.96. The second-order valence-corrected chi connectivity index (χ2v) is 4.83. The van der Waals surface area contributed by atoms with E-state index in [0.29, 0.717) is 12.2 Å². The highest BCUT2D eigenvalue weighted by atomic mass is 35.5. The number of nitrogens with two attached hydrogens (primary N) is 1. The van der Waals surface area contributed by atoms with Gasteiger partial charge in [0.2, 0.25) is 0 Å². The summed E-state index contributed by atoms with van der Waals surface area (Å²) in [5.41, 5.74) is 1.81. The van der Waals surface area contributed by atoms with E-state index < -0.39 is 0 Å². The Morgan fingerprint density at radius 1 is 1.18 bits per heavy atom. The number of benzene rings is 2. The van der Waals surface area contributed by atoms with Gasteiger partial charge in [-0.05, 0) is 18.2 Å². The maximum Gasteiger partial charge on any atom is 0.168 e. The normalized spacial score (nSPS) is 9.86. The molecule has 0 saturated heterocycles. The Kier molecular flexibility index (Phi) is 7.43. The molecule has 0 aliphatic carbocycles. The van der Waals surface area contributed by atoms with Crippen LogP contribution in [0.15, 0.2) is 48.5 Å². The lowest BCUT2D eigenvalue weighted by atomic mass is 10.1. The summed E-state index contributed by atoms with van der Waals surface area (Å²) in [5.74, 6) is 0.775. The van der Waals surface area contributed by atoms with Crippen LogP contribution in [-0.4, -0.2) is 24.5 Å². The number of ether oxygens (including phenoxy) is 1. The van der Waals surface area contributed by atoms with Crippen LogP contribution in [0.2, 0.25) is 0 Å². The lowest BCUT2D eigenvalue weighted by Crippen LogP contribution is -3.00. The van der Waals surface area contributed by atoms with Crippen molar-refractivity contribution in [3.05, 3.63) is 59.7 Å². The molecule has 2 aromatic rings.